The standard InChI is InChI=1S/C20H12Cl2N4/c21-14-5-1-12(2-6-14)17-16(9-23)19(26)20(10-24,11-25)18(17)13-3-7-15(22)8-4-13/h1-8,17-18H,26H2/t17-,18+/m0/s1. The van der Waals surface area contributed by atoms with E-state index in [1.807, 2.05) is 0 Å². The van der Waals surface area contributed by atoms with Gasteiger partial charge in [-0.25, -0.2) is 0 Å². The van der Waals surface area contributed by atoms with Gasteiger partial charge in [-0.1, -0.05) is 47.5 Å². The Kier molecular flexibility index (Phi) is 4.62. The predicted molar refractivity (Wildman–Crippen MR) is 98.9 cm³/mol. The van der Waals surface area contributed by atoms with Crippen molar-refractivity contribution in [1.82, 2.24) is 0 Å². The molecule has 6 heteroatoms. The zero-order valence-electron chi connectivity index (χ0n) is 13.4. The van der Waals surface area contributed by atoms with Crippen molar-refractivity contribution in [2.45, 2.75) is 11.8 Å². The summed E-state index contributed by atoms with van der Waals surface area (Å²) in [6.45, 7) is 0. The molecule has 0 amide bonds. The van der Waals surface area contributed by atoms with Gasteiger partial charge in [0.2, 0.25) is 0 Å². The molecule has 3 rings (SSSR count). The first kappa shape index (κ1) is 17.8. The van der Waals surface area contributed by atoms with Crippen LogP contribution < -0.4 is 5.73 Å². The Morgan fingerprint density at radius 2 is 1.27 bits per heavy atom. The third kappa shape index (κ3) is 2.59. The van der Waals surface area contributed by atoms with Gasteiger partial charge in [0.1, 0.15) is 0 Å². The highest BCUT2D eigenvalue weighted by Gasteiger charge is 2.55. The molecule has 0 unspecified atom stereocenters. The summed E-state index contributed by atoms with van der Waals surface area (Å²) in [5, 5.41) is 30.5. The molecule has 2 N–H and O–H groups in total. The van der Waals surface area contributed by atoms with E-state index < -0.39 is 17.3 Å². The minimum Gasteiger partial charge on any atom is -0.399 e. The molecular weight excluding hydrogens is 367 g/mol. The van der Waals surface area contributed by atoms with Crippen molar-refractivity contribution in [3.05, 3.63) is 81.0 Å². The number of nitrogens with two attached hydrogens (primary N) is 1. The van der Waals surface area contributed by atoms with Crippen molar-refractivity contribution >= 4 is 23.2 Å². The Morgan fingerprint density at radius 3 is 1.69 bits per heavy atom. The summed E-state index contributed by atoms with van der Waals surface area (Å²) in [6.07, 6.45) is 0. The molecule has 0 radical (unpaired) electrons. The first-order valence-electron chi connectivity index (χ1n) is 7.72. The highest BCUT2D eigenvalue weighted by molar-refractivity contribution is 6.30. The van der Waals surface area contributed by atoms with E-state index in [9.17, 15) is 15.8 Å². The lowest BCUT2D eigenvalue weighted by atomic mass is 9.70. The Hall–Kier alpha value is -2.97. The van der Waals surface area contributed by atoms with Gasteiger partial charge in [-0.05, 0) is 35.4 Å². The van der Waals surface area contributed by atoms with E-state index in [4.69, 9.17) is 28.9 Å². The molecule has 4 nitrogen and oxygen atoms in total. The molecule has 0 saturated carbocycles. The largest absolute Gasteiger partial charge is 0.399 e. The summed E-state index contributed by atoms with van der Waals surface area (Å²) >= 11 is 12.0. The molecule has 0 saturated heterocycles. The van der Waals surface area contributed by atoms with Crippen LogP contribution in [0.4, 0.5) is 0 Å². The van der Waals surface area contributed by atoms with Gasteiger partial charge in [-0.3, -0.25) is 0 Å². The number of benzene rings is 2. The van der Waals surface area contributed by atoms with Gasteiger partial charge in [-0.15, -0.1) is 0 Å². The van der Waals surface area contributed by atoms with Gasteiger partial charge in [0.15, 0.2) is 5.41 Å². The molecule has 0 fully saturated rings. The number of allylic oxidation sites excluding steroid dienone is 2. The van der Waals surface area contributed by atoms with Gasteiger partial charge in [-0.2, -0.15) is 15.8 Å². The second-order valence-corrected chi connectivity index (χ2v) is 6.90. The number of nitriles is 3. The molecule has 0 aliphatic heterocycles. The number of halogens is 2. The van der Waals surface area contributed by atoms with Crippen LogP contribution in [0.15, 0.2) is 59.8 Å². The van der Waals surface area contributed by atoms with Crippen LogP contribution in [0.5, 0.6) is 0 Å². The van der Waals surface area contributed by atoms with Crippen LogP contribution in [0.3, 0.4) is 0 Å². The van der Waals surface area contributed by atoms with Crippen molar-refractivity contribution in [2.75, 3.05) is 0 Å². The Balaban J connectivity index is 2.29. The van der Waals surface area contributed by atoms with Crippen LogP contribution in [0, 0.1) is 39.4 Å². The van der Waals surface area contributed by atoms with Crippen molar-refractivity contribution in [3.63, 3.8) is 0 Å². The van der Waals surface area contributed by atoms with E-state index in [2.05, 4.69) is 18.2 Å². The van der Waals surface area contributed by atoms with Crippen molar-refractivity contribution in [1.29, 1.82) is 15.8 Å². The van der Waals surface area contributed by atoms with Crippen LogP contribution in [0.25, 0.3) is 0 Å². The highest BCUT2D eigenvalue weighted by atomic mass is 35.5. The summed E-state index contributed by atoms with van der Waals surface area (Å²) in [6, 6.07) is 20.1. The van der Waals surface area contributed by atoms with E-state index in [-0.39, 0.29) is 11.3 Å². The molecule has 126 valence electrons. The molecule has 2 aromatic rings. The lowest BCUT2D eigenvalue weighted by Gasteiger charge is -2.28. The van der Waals surface area contributed by atoms with E-state index in [0.717, 1.165) is 5.56 Å². The van der Waals surface area contributed by atoms with Crippen LogP contribution in [0.1, 0.15) is 23.0 Å². The van der Waals surface area contributed by atoms with E-state index in [1.54, 1.807) is 48.5 Å². The second-order valence-electron chi connectivity index (χ2n) is 6.03. The average molecular weight is 379 g/mol. The van der Waals surface area contributed by atoms with E-state index in [1.165, 1.54) is 0 Å². The quantitative estimate of drug-likeness (QED) is 0.822. The van der Waals surface area contributed by atoms with Gasteiger partial charge in [0, 0.05) is 21.9 Å². The zero-order chi connectivity index (χ0) is 18.9. The monoisotopic (exact) mass is 378 g/mol. The van der Waals surface area contributed by atoms with Crippen molar-refractivity contribution in [3.8, 4) is 18.2 Å². The number of hydrogen-bond donors (Lipinski definition) is 1. The Bertz CT molecular complexity index is 988. The maximum absolute atomic E-state index is 9.85. The van der Waals surface area contributed by atoms with Crippen molar-refractivity contribution < 1.29 is 0 Å². The number of rotatable bonds is 2. The zero-order valence-corrected chi connectivity index (χ0v) is 15.0. The van der Waals surface area contributed by atoms with Gasteiger partial charge < -0.3 is 5.73 Å². The summed E-state index contributed by atoms with van der Waals surface area (Å²) in [4.78, 5) is 0. The van der Waals surface area contributed by atoms with Crippen LogP contribution in [-0.2, 0) is 0 Å². The molecule has 2 atom stereocenters. The second kappa shape index (κ2) is 6.74. The topological polar surface area (TPSA) is 97.4 Å². The minimum absolute atomic E-state index is 0.00454. The maximum Gasteiger partial charge on any atom is 0.191 e. The summed E-state index contributed by atoms with van der Waals surface area (Å²) in [5.41, 5.74) is 6.24. The van der Waals surface area contributed by atoms with Gasteiger partial charge in [0.25, 0.3) is 0 Å². The molecular formula is C20H12Cl2N4. The first-order chi connectivity index (χ1) is 12.5. The number of nitrogens with zero attached hydrogens (tertiary/aromatic N) is 3. The maximum atomic E-state index is 9.85. The fourth-order valence-corrected chi connectivity index (χ4v) is 3.77. The summed E-state index contributed by atoms with van der Waals surface area (Å²) < 4.78 is 0. The molecule has 0 bridgehead atoms. The molecule has 0 spiro atoms. The fourth-order valence-electron chi connectivity index (χ4n) is 3.52. The third-order valence-corrected chi connectivity index (χ3v) is 5.26. The normalized spacial score (nSPS) is 20.9. The van der Waals surface area contributed by atoms with Crippen LogP contribution in [-0.4, -0.2) is 0 Å². The first-order valence-corrected chi connectivity index (χ1v) is 8.47. The lowest BCUT2D eigenvalue weighted by Crippen LogP contribution is -2.29. The summed E-state index contributed by atoms with van der Waals surface area (Å²) in [5.74, 6) is -1.16. The van der Waals surface area contributed by atoms with Crippen molar-refractivity contribution in [2.24, 2.45) is 11.1 Å². The highest BCUT2D eigenvalue weighted by Crippen LogP contribution is 2.57. The minimum atomic E-state index is -1.64. The van der Waals surface area contributed by atoms with Gasteiger partial charge >= 0.3 is 0 Å². The molecule has 0 aromatic heterocycles. The third-order valence-electron chi connectivity index (χ3n) is 4.76. The van der Waals surface area contributed by atoms with Crippen LogP contribution in [0.2, 0.25) is 10.0 Å². The smallest absolute Gasteiger partial charge is 0.191 e. The Morgan fingerprint density at radius 1 is 0.808 bits per heavy atom. The Labute approximate surface area is 161 Å². The van der Waals surface area contributed by atoms with Crippen LogP contribution >= 0.6 is 23.2 Å². The van der Waals surface area contributed by atoms with Gasteiger partial charge in [0.05, 0.1) is 29.5 Å². The fraction of sp³-hybridized carbons (Fsp3) is 0.150. The molecule has 26 heavy (non-hydrogen) atoms. The van der Waals surface area contributed by atoms with E-state index in [0.29, 0.717) is 15.6 Å². The SMILES string of the molecule is N#CC1=C(N)C(C#N)(C#N)[C@H](c2ccc(Cl)cc2)[C@H]1c1ccc(Cl)cc1. The summed E-state index contributed by atoms with van der Waals surface area (Å²) in [7, 11) is 0. The molecule has 1 aliphatic rings. The molecule has 0 heterocycles. The number of hydrogen-bond acceptors (Lipinski definition) is 4. The average Bonchev–Trinajstić information content (AvgIpc) is 2.91. The van der Waals surface area contributed by atoms with E-state index >= 15 is 0 Å². The predicted octanol–water partition coefficient (Wildman–Crippen LogP) is 4.64. The lowest BCUT2D eigenvalue weighted by molar-refractivity contribution is 0.475. The molecule has 2 aromatic carbocycles. The molecule has 1 aliphatic carbocycles.